The molecule has 0 radical (unpaired) electrons. The van der Waals surface area contributed by atoms with Gasteiger partial charge in [-0.1, -0.05) is 33.6 Å². The Kier molecular flexibility index (Phi) is 7.15. The SMILES string of the molecule is CCC(Cl)CCC(CC)CC. The minimum atomic E-state index is 0.413. The van der Waals surface area contributed by atoms with E-state index in [1.54, 1.807) is 0 Å². The highest BCUT2D eigenvalue weighted by atomic mass is 35.5. The van der Waals surface area contributed by atoms with Crippen LogP contribution in [-0.2, 0) is 0 Å². The third-order valence-corrected chi connectivity index (χ3v) is 3.01. The molecule has 0 aliphatic heterocycles. The summed E-state index contributed by atoms with van der Waals surface area (Å²) in [7, 11) is 0. The summed E-state index contributed by atoms with van der Waals surface area (Å²) in [6, 6.07) is 0. The summed E-state index contributed by atoms with van der Waals surface area (Å²) >= 11 is 6.02. The molecule has 0 fully saturated rings. The molecular formula is C10H21Cl. The van der Waals surface area contributed by atoms with Gasteiger partial charge in [-0.3, -0.25) is 0 Å². The van der Waals surface area contributed by atoms with Gasteiger partial charge in [0.1, 0.15) is 0 Å². The largest absolute Gasteiger partial charge is 0.123 e. The van der Waals surface area contributed by atoms with Crippen molar-refractivity contribution in [3.05, 3.63) is 0 Å². The number of halogens is 1. The second kappa shape index (κ2) is 6.97. The minimum absolute atomic E-state index is 0.413. The van der Waals surface area contributed by atoms with Crippen LogP contribution < -0.4 is 0 Å². The molecule has 0 saturated heterocycles. The molecule has 0 heterocycles. The second-order valence-corrected chi connectivity index (χ2v) is 3.88. The van der Waals surface area contributed by atoms with Crippen molar-refractivity contribution < 1.29 is 0 Å². The molecular weight excluding hydrogens is 156 g/mol. The molecule has 0 aliphatic carbocycles. The highest BCUT2D eigenvalue weighted by Gasteiger charge is 2.06. The van der Waals surface area contributed by atoms with E-state index in [2.05, 4.69) is 20.8 Å². The highest BCUT2D eigenvalue weighted by molar-refractivity contribution is 6.20. The first-order valence-electron chi connectivity index (χ1n) is 4.88. The summed E-state index contributed by atoms with van der Waals surface area (Å²) in [5.41, 5.74) is 0. The predicted octanol–water partition coefficient (Wildman–Crippen LogP) is 4.22. The molecule has 1 atom stereocenters. The van der Waals surface area contributed by atoms with E-state index in [0.29, 0.717) is 5.38 Å². The summed E-state index contributed by atoms with van der Waals surface area (Å²) < 4.78 is 0. The van der Waals surface area contributed by atoms with E-state index in [0.717, 1.165) is 12.3 Å². The fraction of sp³-hybridized carbons (Fsp3) is 1.00. The van der Waals surface area contributed by atoms with Gasteiger partial charge < -0.3 is 0 Å². The number of alkyl halides is 1. The quantitative estimate of drug-likeness (QED) is 0.532. The normalized spacial score (nSPS) is 13.9. The Hall–Kier alpha value is 0.290. The molecule has 11 heavy (non-hydrogen) atoms. The van der Waals surface area contributed by atoms with E-state index < -0.39 is 0 Å². The molecule has 0 aromatic heterocycles. The molecule has 0 amide bonds. The maximum absolute atomic E-state index is 6.02. The van der Waals surface area contributed by atoms with Crippen LogP contribution in [0, 0.1) is 5.92 Å². The van der Waals surface area contributed by atoms with E-state index >= 15 is 0 Å². The topological polar surface area (TPSA) is 0 Å². The van der Waals surface area contributed by atoms with Crippen molar-refractivity contribution in [3.63, 3.8) is 0 Å². The first kappa shape index (κ1) is 11.3. The van der Waals surface area contributed by atoms with Gasteiger partial charge in [0.2, 0.25) is 0 Å². The second-order valence-electron chi connectivity index (χ2n) is 3.27. The Labute approximate surface area is 76.3 Å². The van der Waals surface area contributed by atoms with Crippen LogP contribution in [0.1, 0.15) is 52.9 Å². The molecule has 0 spiro atoms. The zero-order chi connectivity index (χ0) is 8.69. The standard InChI is InChI=1S/C10H21Cl/c1-4-9(5-2)7-8-10(11)6-3/h9-10H,4-8H2,1-3H3. The Balaban J connectivity index is 3.34. The zero-order valence-electron chi connectivity index (χ0n) is 8.07. The number of hydrogen-bond donors (Lipinski definition) is 0. The van der Waals surface area contributed by atoms with Gasteiger partial charge in [-0.2, -0.15) is 0 Å². The lowest BCUT2D eigenvalue weighted by Crippen LogP contribution is -2.02. The van der Waals surface area contributed by atoms with Gasteiger partial charge in [0, 0.05) is 5.38 Å². The van der Waals surface area contributed by atoms with Crippen LogP contribution in [-0.4, -0.2) is 5.38 Å². The fourth-order valence-electron chi connectivity index (χ4n) is 1.32. The van der Waals surface area contributed by atoms with Crippen LogP contribution in [0.2, 0.25) is 0 Å². The highest BCUT2D eigenvalue weighted by Crippen LogP contribution is 2.19. The molecule has 0 aromatic carbocycles. The third kappa shape index (κ3) is 5.55. The lowest BCUT2D eigenvalue weighted by molar-refractivity contribution is 0.434. The van der Waals surface area contributed by atoms with E-state index in [9.17, 15) is 0 Å². The molecule has 68 valence electrons. The van der Waals surface area contributed by atoms with E-state index in [-0.39, 0.29) is 0 Å². The van der Waals surface area contributed by atoms with Crippen LogP contribution in [0.3, 0.4) is 0 Å². The summed E-state index contributed by atoms with van der Waals surface area (Å²) in [5, 5.41) is 0.413. The van der Waals surface area contributed by atoms with Gasteiger partial charge in [-0.25, -0.2) is 0 Å². The van der Waals surface area contributed by atoms with Gasteiger partial charge in [0.05, 0.1) is 0 Å². The van der Waals surface area contributed by atoms with Crippen molar-refractivity contribution in [1.82, 2.24) is 0 Å². The summed E-state index contributed by atoms with van der Waals surface area (Å²) in [6.07, 6.45) is 6.24. The molecule has 0 nitrogen and oxygen atoms in total. The average Bonchev–Trinajstić information content (AvgIpc) is 2.06. The smallest absolute Gasteiger partial charge is 0.0333 e. The number of rotatable bonds is 6. The molecule has 0 saturated carbocycles. The average molecular weight is 177 g/mol. The first-order chi connectivity index (χ1) is 5.24. The monoisotopic (exact) mass is 176 g/mol. The third-order valence-electron chi connectivity index (χ3n) is 2.49. The zero-order valence-corrected chi connectivity index (χ0v) is 8.82. The molecule has 1 unspecified atom stereocenters. The molecule has 0 aliphatic rings. The van der Waals surface area contributed by atoms with Gasteiger partial charge in [-0.05, 0) is 25.2 Å². The van der Waals surface area contributed by atoms with Crippen LogP contribution in [0.5, 0.6) is 0 Å². The van der Waals surface area contributed by atoms with E-state index in [1.165, 1.54) is 25.7 Å². The molecule has 0 bridgehead atoms. The Morgan fingerprint density at radius 1 is 0.909 bits per heavy atom. The molecule has 1 heteroatoms. The lowest BCUT2D eigenvalue weighted by atomic mass is 9.96. The van der Waals surface area contributed by atoms with Crippen molar-refractivity contribution in [1.29, 1.82) is 0 Å². The van der Waals surface area contributed by atoms with E-state index in [4.69, 9.17) is 11.6 Å². The Morgan fingerprint density at radius 3 is 1.82 bits per heavy atom. The Bertz CT molecular complexity index is 76.9. The minimum Gasteiger partial charge on any atom is -0.123 e. The van der Waals surface area contributed by atoms with Crippen molar-refractivity contribution in [2.45, 2.75) is 58.3 Å². The molecule has 0 rings (SSSR count). The maximum atomic E-state index is 6.02. The Morgan fingerprint density at radius 2 is 1.45 bits per heavy atom. The molecule has 0 aromatic rings. The lowest BCUT2D eigenvalue weighted by Gasteiger charge is -2.13. The first-order valence-corrected chi connectivity index (χ1v) is 5.32. The summed E-state index contributed by atoms with van der Waals surface area (Å²) in [5.74, 6) is 0.905. The summed E-state index contributed by atoms with van der Waals surface area (Å²) in [6.45, 7) is 6.69. The van der Waals surface area contributed by atoms with Crippen LogP contribution >= 0.6 is 11.6 Å². The summed E-state index contributed by atoms with van der Waals surface area (Å²) in [4.78, 5) is 0. The van der Waals surface area contributed by atoms with Gasteiger partial charge >= 0.3 is 0 Å². The molecule has 0 N–H and O–H groups in total. The fourth-order valence-corrected chi connectivity index (χ4v) is 1.44. The van der Waals surface area contributed by atoms with Gasteiger partial charge in [-0.15, -0.1) is 11.6 Å². The van der Waals surface area contributed by atoms with E-state index in [1.807, 2.05) is 0 Å². The van der Waals surface area contributed by atoms with Crippen molar-refractivity contribution in [2.24, 2.45) is 5.92 Å². The predicted molar refractivity (Wildman–Crippen MR) is 53.2 cm³/mol. The van der Waals surface area contributed by atoms with Crippen LogP contribution in [0.25, 0.3) is 0 Å². The van der Waals surface area contributed by atoms with Crippen LogP contribution in [0.15, 0.2) is 0 Å². The number of hydrogen-bond acceptors (Lipinski definition) is 0. The van der Waals surface area contributed by atoms with Gasteiger partial charge in [0.25, 0.3) is 0 Å². The van der Waals surface area contributed by atoms with Gasteiger partial charge in [0.15, 0.2) is 0 Å². The maximum Gasteiger partial charge on any atom is 0.0333 e. The van der Waals surface area contributed by atoms with Crippen molar-refractivity contribution >= 4 is 11.6 Å². The van der Waals surface area contributed by atoms with Crippen molar-refractivity contribution in [2.75, 3.05) is 0 Å². The van der Waals surface area contributed by atoms with Crippen LogP contribution in [0.4, 0.5) is 0 Å². The van der Waals surface area contributed by atoms with Crippen molar-refractivity contribution in [3.8, 4) is 0 Å².